The first kappa shape index (κ1) is 26.3. The van der Waals surface area contributed by atoms with Crippen molar-refractivity contribution in [2.24, 2.45) is 11.7 Å². The number of likely N-dealkylation sites (tertiary alicyclic amines) is 1. The lowest BCUT2D eigenvalue weighted by molar-refractivity contribution is -0.384. The molecule has 1 heterocycles. The summed E-state index contributed by atoms with van der Waals surface area (Å²) < 4.78 is 16.3. The molecule has 0 aromatic heterocycles. The normalized spacial score (nSPS) is 20.6. The molecule has 1 aliphatic heterocycles. The molecule has 3 rings (SSSR count). The topological polar surface area (TPSA) is 105 Å². The Labute approximate surface area is 203 Å². The maximum absolute atomic E-state index is 14.2. The van der Waals surface area contributed by atoms with Gasteiger partial charge >= 0.3 is 0 Å². The quantitative estimate of drug-likeness (QED) is 0.271. The highest BCUT2D eigenvalue weighted by molar-refractivity contribution is 7.98. The first-order chi connectivity index (χ1) is 16.2. The van der Waals surface area contributed by atoms with Crippen molar-refractivity contribution in [1.82, 2.24) is 14.5 Å². The van der Waals surface area contributed by atoms with Crippen molar-refractivity contribution in [3.8, 4) is 0 Å². The molecule has 0 radical (unpaired) electrons. The van der Waals surface area contributed by atoms with Gasteiger partial charge in [0.05, 0.1) is 20.7 Å². The maximum atomic E-state index is 14.2. The predicted octanol–water partition coefficient (Wildman–Crippen LogP) is 2.73. The molecule has 2 unspecified atom stereocenters. The number of hydrogen-bond donors (Lipinski definition) is 2. The summed E-state index contributed by atoms with van der Waals surface area (Å²) in [6.07, 6.45) is 0.873. The van der Waals surface area contributed by atoms with Crippen LogP contribution < -0.4 is 11.1 Å². The van der Waals surface area contributed by atoms with Crippen LogP contribution in [-0.4, -0.2) is 69.0 Å². The molecular formula is C25H37N5O3S. The highest BCUT2D eigenvalue weighted by Gasteiger charge is 2.39. The zero-order chi connectivity index (χ0) is 24.7. The number of nitrogens with zero attached hydrogens (tertiary/aromatic N) is 3. The first-order valence-electron chi connectivity index (χ1n) is 11.8. The third kappa shape index (κ3) is 6.64. The maximum Gasteiger partial charge on any atom is 0.269 e. The molecule has 3 atom stereocenters. The first-order valence-corrected chi connectivity index (χ1v) is 13.5. The van der Waals surface area contributed by atoms with E-state index < -0.39 is 14.6 Å². The molecule has 0 amide bonds. The van der Waals surface area contributed by atoms with Gasteiger partial charge in [0.1, 0.15) is 0 Å². The average molecular weight is 488 g/mol. The lowest BCUT2D eigenvalue weighted by Crippen LogP contribution is -2.52. The second-order valence-electron chi connectivity index (χ2n) is 9.31. The van der Waals surface area contributed by atoms with Crippen LogP contribution >= 0.6 is 0 Å². The van der Waals surface area contributed by atoms with Crippen molar-refractivity contribution < 1.29 is 9.13 Å². The van der Waals surface area contributed by atoms with Crippen molar-refractivity contribution in [2.45, 2.75) is 43.8 Å². The van der Waals surface area contributed by atoms with E-state index in [0.29, 0.717) is 30.4 Å². The van der Waals surface area contributed by atoms with Crippen LogP contribution in [0.3, 0.4) is 0 Å². The molecule has 3 N–H and O–H groups in total. The number of nitrogens with one attached hydrogen (secondary N) is 1. The summed E-state index contributed by atoms with van der Waals surface area (Å²) in [5, 5.41) is 14.7. The van der Waals surface area contributed by atoms with E-state index in [1.54, 1.807) is 12.1 Å². The number of hydrogen-bond acceptors (Lipinski definition) is 6. The van der Waals surface area contributed by atoms with Crippen LogP contribution in [0.1, 0.15) is 25.8 Å². The molecule has 0 spiro atoms. The summed E-state index contributed by atoms with van der Waals surface area (Å²) in [5.41, 5.74) is 7.00. The highest BCUT2D eigenvalue weighted by Crippen LogP contribution is 2.27. The molecule has 8 nitrogen and oxygen atoms in total. The van der Waals surface area contributed by atoms with Crippen LogP contribution in [0.2, 0.25) is 0 Å². The van der Waals surface area contributed by atoms with Gasteiger partial charge in [0, 0.05) is 62.3 Å². The Bertz CT molecular complexity index is 1030. The Morgan fingerprint density at radius 2 is 1.88 bits per heavy atom. The van der Waals surface area contributed by atoms with Gasteiger partial charge in [0.25, 0.3) is 5.69 Å². The van der Waals surface area contributed by atoms with Crippen LogP contribution in [0.25, 0.3) is 0 Å². The zero-order valence-electron chi connectivity index (χ0n) is 20.1. The largest absolute Gasteiger partial charge is 0.329 e. The number of rotatable bonds is 12. The van der Waals surface area contributed by atoms with Gasteiger partial charge < -0.3 is 11.1 Å². The van der Waals surface area contributed by atoms with E-state index in [2.05, 4.69) is 42.1 Å². The zero-order valence-corrected chi connectivity index (χ0v) is 21.0. The fourth-order valence-corrected chi connectivity index (χ4v) is 6.31. The molecule has 2 aromatic carbocycles. The summed E-state index contributed by atoms with van der Waals surface area (Å²) in [5.74, 6) is 4.61. The number of nitro benzene ring substituents is 1. The minimum absolute atomic E-state index is 0.0231. The van der Waals surface area contributed by atoms with Crippen molar-refractivity contribution in [3.05, 3.63) is 70.3 Å². The van der Waals surface area contributed by atoms with E-state index in [4.69, 9.17) is 5.73 Å². The molecule has 9 heteroatoms. The van der Waals surface area contributed by atoms with Gasteiger partial charge in [-0.2, -0.15) is 0 Å². The van der Waals surface area contributed by atoms with Gasteiger partial charge in [-0.25, -0.2) is 8.51 Å². The second kappa shape index (κ2) is 11.9. The van der Waals surface area contributed by atoms with Crippen molar-refractivity contribution in [3.63, 3.8) is 0 Å². The third-order valence-corrected chi connectivity index (χ3v) is 8.48. The minimum Gasteiger partial charge on any atom is -0.329 e. The number of benzene rings is 2. The van der Waals surface area contributed by atoms with Gasteiger partial charge in [0.15, 0.2) is 0 Å². The minimum atomic E-state index is -2.86. The van der Waals surface area contributed by atoms with E-state index >= 15 is 0 Å². The summed E-state index contributed by atoms with van der Waals surface area (Å²) in [4.78, 5) is 13.5. The van der Waals surface area contributed by atoms with E-state index in [1.807, 2.05) is 22.5 Å². The smallest absolute Gasteiger partial charge is 0.269 e. The van der Waals surface area contributed by atoms with Crippen LogP contribution in [0.4, 0.5) is 5.69 Å². The van der Waals surface area contributed by atoms with Crippen LogP contribution in [0, 0.1) is 16.0 Å². The van der Waals surface area contributed by atoms with Crippen molar-refractivity contribution in [2.75, 3.05) is 32.7 Å². The average Bonchev–Trinajstić information content (AvgIpc) is 3.20. The number of nitro groups is 1. The van der Waals surface area contributed by atoms with E-state index in [1.165, 1.54) is 17.7 Å². The monoisotopic (exact) mass is 487 g/mol. The molecule has 1 saturated heterocycles. The summed E-state index contributed by atoms with van der Waals surface area (Å²) >= 11 is 0. The van der Waals surface area contributed by atoms with Crippen LogP contribution in [0.5, 0.6) is 0 Å². The SMILES string of the molecule is C=S(=O)(c1ccc([N+](=O)[O-])cc1)N(CCC(C)C)[C@@H]1CN(Cc2ccccc2)CC1NCCN. The highest BCUT2D eigenvalue weighted by atomic mass is 32.2. The van der Waals surface area contributed by atoms with Crippen LogP contribution in [-0.2, 0) is 16.3 Å². The molecule has 2 aromatic rings. The van der Waals surface area contributed by atoms with Gasteiger partial charge in [-0.05, 0) is 35.9 Å². The third-order valence-electron chi connectivity index (χ3n) is 6.26. The summed E-state index contributed by atoms with van der Waals surface area (Å²) in [6.45, 7) is 8.49. The molecule has 0 saturated carbocycles. The van der Waals surface area contributed by atoms with Gasteiger partial charge in [-0.15, -0.1) is 0 Å². The van der Waals surface area contributed by atoms with E-state index in [0.717, 1.165) is 26.1 Å². The number of non-ortho nitro benzene ring substituents is 1. The molecular weight excluding hydrogens is 450 g/mol. The van der Waals surface area contributed by atoms with E-state index in [-0.39, 0.29) is 17.8 Å². The van der Waals surface area contributed by atoms with Crippen molar-refractivity contribution in [1.29, 1.82) is 0 Å². The van der Waals surface area contributed by atoms with Gasteiger partial charge in [-0.1, -0.05) is 44.2 Å². The number of nitrogens with two attached hydrogens (primary N) is 1. The molecule has 34 heavy (non-hydrogen) atoms. The summed E-state index contributed by atoms with van der Waals surface area (Å²) in [6, 6.07) is 16.3. The van der Waals surface area contributed by atoms with Crippen molar-refractivity contribution >= 4 is 21.3 Å². The Kier molecular flexibility index (Phi) is 9.21. The molecule has 1 fully saturated rings. The second-order valence-corrected chi connectivity index (χ2v) is 11.5. The lowest BCUT2D eigenvalue weighted by Gasteiger charge is -2.35. The molecule has 0 aliphatic carbocycles. The molecule has 0 bridgehead atoms. The fraction of sp³-hybridized carbons (Fsp3) is 0.480. The standard InChI is InChI=1S/C25H37N5O3S/c1-20(2)13-16-29(34(3,33)23-11-9-22(10-12-23)30(31)32)25-19-28(18-24(25)27-15-14-26)17-21-7-5-4-6-8-21/h4-12,20,24-25,27H,3,13-19,26H2,1-2H3/t24?,25-,34?/m1/s1. The Balaban J connectivity index is 1.91. The Morgan fingerprint density at radius 3 is 2.47 bits per heavy atom. The van der Waals surface area contributed by atoms with E-state index in [9.17, 15) is 14.3 Å². The molecule has 1 aliphatic rings. The summed E-state index contributed by atoms with van der Waals surface area (Å²) in [7, 11) is -2.86. The fourth-order valence-electron chi connectivity index (χ4n) is 4.43. The Hall–Kier alpha value is -2.30. The van der Waals surface area contributed by atoms with Gasteiger partial charge in [-0.3, -0.25) is 15.0 Å². The predicted molar refractivity (Wildman–Crippen MR) is 139 cm³/mol. The van der Waals surface area contributed by atoms with Crippen LogP contribution in [0.15, 0.2) is 59.5 Å². The lowest BCUT2D eigenvalue weighted by atomic mass is 10.1. The molecule has 186 valence electrons. The Morgan fingerprint density at radius 1 is 1.21 bits per heavy atom. The van der Waals surface area contributed by atoms with Gasteiger partial charge in [0.2, 0.25) is 0 Å².